The number of ether oxygens (including phenoxy) is 1. The maximum absolute atomic E-state index is 11.7. The molecule has 1 aromatic rings. The van der Waals surface area contributed by atoms with Gasteiger partial charge in [0.1, 0.15) is 12.4 Å². The molecule has 2 N–H and O–H groups in total. The quantitative estimate of drug-likeness (QED) is 0.714. The Balaban J connectivity index is 2.25. The Morgan fingerprint density at radius 2 is 2.00 bits per heavy atom. The van der Waals surface area contributed by atoms with Gasteiger partial charge in [0.2, 0.25) is 0 Å². The molecular weight excluding hydrogens is 204 g/mol. The van der Waals surface area contributed by atoms with Crippen molar-refractivity contribution in [3.63, 3.8) is 0 Å². The number of rotatable bonds is 6. The van der Waals surface area contributed by atoms with Crippen molar-refractivity contribution < 1.29 is 13.5 Å². The number of alkyl halides is 2. The van der Waals surface area contributed by atoms with Crippen LogP contribution in [0.25, 0.3) is 0 Å². The molecule has 0 amide bonds. The average molecular weight is 217 g/mol. The monoisotopic (exact) mass is 217 g/mol. The molecule has 84 valence electrons. The minimum atomic E-state index is -2.43. The number of hydrogen-bond acceptors (Lipinski definition) is 4. The predicted octanol–water partition coefficient (Wildman–Crippen LogP) is 0.759. The molecule has 0 unspecified atom stereocenters. The Kier molecular flexibility index (Phi) is 5.06. The second-order valence-corrected chi connectivity index (χ2v) is 2.93. The van der Waals surface area contributed by atoms with Crippen LogP contribution in [0.1, 0.15) is 11.4 Å². The lowest BCUT2D eigenvalue weighted by Crippen LogP contribution is -2.09. The first-order valence-corrected chi connectivity index (χ1v) is 4.58. The van der Waals surface area contributed by atoms with Crippen molar-refractivity contribution in [2.24, 2.45) is 5.73 Å². The molecule has 0 radical (unpaired) electrons. The third-order valence-electron chi connectivity index (χ3n) is 1.71. The molecule has 0 saturated carbocycles. The largest absolute Gasteiger partial charge is 0.375 e. The molecule has 0 aromatic carbocycles. The maximum Gasteiger partial charge on any atom is 0.261 e. The van der Waals surface area contributed by atoms with Gasteiger partial charge in [-0.25, -0.2) is 18.7 Å². The fraction of sp³-hybridized carbons (Fsp3) is 0.556. The summed E-state index contributed by atoms with van der Waals surface area (Å²) in [6.45, 7) is 0.0510. The fourth-order valence-electron chi connectivity index (χ4n) is 0.952. The molecule has 0 bridgehead atoms. The van der Waals surface area contributed by atoms with Crippen molar-refractivity contribution in [3.05, 3.63) is 23.8 Å². The summed E-state index contributed by atoms with van der Waals surface area (Å²) in [6.07, 6.45) is 1.24. The topological polar surface area (TPSA) is 61.0 Å². The van der Waals surface area contributed by atoms with Crippen LogP contribution < -0.4 is 5.73 Å². The van der Waals surface area contributed by atoms with E-state index in [2.05, 4.69) is 9.97 Å². The first-order chi connectivity index (χ1) is 7.22. The van der Waals surface area contributed by atoms with Crippen molar-refractivity contribution in [3.8, 4) is 0 Å². The summed E-state index contributed by atoms with van der Waals surface area (Å²) in [7, 11) is 0. The zero-order valence-electron chi connectivity index (χ0n) is 8.20. The molecule has 1 rings (SSSR count). The van der Waals surface area contributed by atoms with Crippen molar-refractivity contribution >= 4 is 0 Å². The highest BCUT2D eigenvalue weighted by atomic mass is 19.3. The van der Waals surface area contributed by atoms with Crippen molar-refractivity contribution in [1.82, 2.24) is 9.97 Å². The van der Waals surface area contributed by atoms with Crippen LogP contribution in [0.15, 0.2) is 12.4 Å². The lowest BCUT2D eigenvalue weighted by molar-refractivity contribution is 0.0183. The average Bonchev–Trinajstić information content (AvgIpc) is 2.25. The molecule has 4 nitrogen and oxygen atoms in total. The van der Waals surface area contributed by atoms with E-state index < -0.39 is 13.0 Å². The van der Waals surface area contributed by atoms with Gasteiger partial charge in [0.05, 0.1) is 6.61 Å². The lowest BCUT2D eigenvalue weighted by Gasteiger charge is -2.02. The SMILES string of the molecule is NCc1cnc(CCOCC(F)F)nc1. The van der Waals surface area contributed by atoms with Crippen LogP contribution in [0, 0.1) is 0 Å². The Morgan fingerprint density at radius 1 is 1.33 bits per heavy atom. The number of nitrogens with two attached hydrogens (primary N) is 1. The van der Waals surface area contributed by atoms with Gasteiger partial charge < -0.3 is 10.5 Å². The maximum atomic E-state index is 11.7. The van der Waals surface area contributed by atoms with Crippen molar-refractivity contribution in [2.45, 2.75) is 19.4 Å². The van der Waals surface area contributed by atoms with Crippen molar-refractivity contribution in [1.29, 1.82) is 0 Å². The van der Waals surface area contributed by atoms with Gasteiger partial charge in [-0.1, -0.05) is 0 Å². The molecule has 0 spiro atoms. The first kappa shape index (κ1) is 11.9. The third-order valence-corrected chi connectivity index (χ3v) is 1.71. The standard InChI is InChI=1S/C9H13F2N3O/c10-8(11)6-15-2-1-9-13-4-7(3-12)5-14-9/h4-5,8H,1-3,6,12H2. The van der Waals surface area contributed by atoms with E-state index in [9.17, 15) is 8.78 Å². The fourth-order valence-corrected chi connectivity index (χ4v) is 0.952. The molecule has 1 aromatic heterocycles. The Hall–Kier alpha value is -1.14. The molecule has 0 aliphatic rings. The van der Waals surface area contributed by atoms with Crippen LogP contribution in [-0.2, 0) is 17.7 Å². The van der Waals surface area contributed by atoms with Crippen LogP contribution in [0.2, 0.25) is 0 Å². The van der Waals surface area contributed by atoms with Crippen LogP contribution in [0.5, 0.6) is 0 Å². The number of aromatic nitrogens is 2. The van der Waals surface area contributed by atoms with Crippen LogP contribution >= 0.6 is 0 Å². The molecule has 0 fully saturated rings. The predicted molar refractivity (Wildman–Crippen MR) is 50.5 cm³/mol. The Bertz CT molecular complexity index is 279. The Labute approximate surface area is 86.5 Å². The molecule has 0 aliphatic carbocycles. The second-order valence-electron chi connectivity index (χ2n) is 2.93. The summed E-state index contributed by atoms with van der Waals surface area (Å²) in [5.41, 5.74) is 6.21. The van der Waals surface area contributed by atoms with Gasteiger partial charge in [-0.05, 0) is 0 Å². The smallest absolute Gasteiger partial charge is 0.261 e. The summed E-state index contributed by atoms with van der Waals surface area (Å²) < 4.78 is 28.1. The van der Waals surface area contributed by atoms with Gasteiger partial charge in [0.25, 0.3) is 6.43 Å². The third kappa shape index (κ3) is 4.75. The zero-order valence-corrected chi connectivity index (χ0v) is 8.20. The minimum Gasteiger partial charge on any atom is -0.375 e. The van der Waals surface area contributed by atoms with Gasteiger partial charge in [0, 0.05) is 30.9 Å². The molecule has 1 heterocycles. The molecule has 6 heteroatoms. The number of halogens is 2. The highest BCUT2D eigenvalue weighted by molar-refractivity contribution is 5.04. The van der Waals surface area contributed by atoms with Gasteiger partial charge in [0.15, 0.2) is 0 Å². The Morgan fingerprint density at radius 3 is 2.53 bits per heavy atom. The molecule has 0 atom stereocenters. The summed E-state index contributed by atoms with van der Waals surface area (Å²) >= 11 is 0. The number of nitrogens with zero attached hydrogens (tertiary/aromatic N) is 2. The van der Waals surface area contributed by atoms with Gasteiger partial charge in [-0.3, -0.25) is 0 Å². The van der Waals surface area contributed by atoms with Crippen LogP contribution in [0.3, 0.4) is 0 Å². The summed E-state index contributed by atoms with van der Waals surface area (Å²) in [4.78, 5) is 8.02. The summed E-state index contributed by atoms with van der Waals surface area (Å²) in [5.74, 6) is 0.571. The highest BCUT2D eigenvalue weighted by Gasteiger charge is 2.02. The molecule has 0 aliphatic heterocycles. The van der Waals surface area contributed by atoms with Gasteiger partial charge in [-0.15, -0.1) is 0 Å². The van der Waals surface area contributed by atoms with E-state index in [4.69, 9.17) is 10.5 Å². The molecule has 0 saturated heterocycles. The van der Waals surface area contributed by atoms with Gasteiger partial charge in [-0.2, -0.15) is 0 Å². The first-order valence-electron chi connectivity index (χ1n) is 4.58. The van der Waals surface area contributed by atoms with Crippen LogP contribution in [-0.4, -0.2) is 29.6 Å². The molecule has 15 heavy (non-hydrogen) atoms. The van der Waals surface area contributed by atoms with E-state index in [1.807, 2.05) is 0 Å². The highest BCUT2D eigenvalue weighted by Crippen LogP contribution is 1.97. The summed E-state index contributed by atoms with van der Waals surface area (Å²) in [6, 6.07) is 0. The van der Waals surface area contributed by atoms with Crippen LogP contribution in [0.4, 0.5) is 8.78 Å². The normalized spacial score (nSPS) is 10.9. The molecular formula is C9H13F2N3O. The summed E-state index contributed by atoms with van der Waals surface area (Å²) in [5, 5.41) is 0. The van der Waals surface area contributed by atoms with E-state index in [1.165, 1.54) is 0 Å². The van der Waals surface area contributed by atoms with E-state index in [1.54, 1.807) is 12.4 Å². The van der Waals surface area contributed by atoms with E-state index in [-0.39, 0.29) is 6.61 Å². The van der Waals surface area contributed by atoms with E-state index in [0.29, 0.717) is 18.8 Å². The van der Waals surface area contributed by atoms with Crippen molar-refractivity contribution in [2.75, 3.05) is 13.2 Å². The minimum absolute atomic E-state index is 0.201. The second kappa shape index (κ2) is 6.36. The van der Waals surface area contributed by atoms with E-state index in [0.717, 1.165) is 5.56 Å². The zero-order chi connectivity index (χ0) is 11.1. The van der Waals surface area contributed by atoms with E-state index >= 15 is 0 Å². The number of hydrogen-bond donors (Lipinski definition) is 1. The lowest BCUT2D eigenvalue weighted by atomic mass is 10.3. The van der Waals surface area contributed by atoms with Gasteiger partial charge >= 0.3 is 0 Å².